The quantitative estimate of drug-likeness (QED) is 0.186. The second-order valence-electron chi connectivity index (χ2n) is 6.55. The maximum absolute atomic E-state index is 12.1. The van der Waals surface area contributed by atoms with Crippen LogP contribution in [0.25, 0.3) is 0 Å². The van der Waals surface area contributed by atoms with Crippen molar-refractivity contribution >= 4 is 29.2 Å². The van der Waals surface area contributed by atoms with Crippen LogP contribution in [0.15, 0.2) is 70.4 Å². The van der Waals surface area contributed by atoms with E-state index >= 15 is 0 Å². The lowest BCUT2D eigenvalue weighted by Crippen LogP contribution is -2.32. The van der Waals surface area contributed by atoms with Crippen LogP contribution in [0.3, 0.4) is 0 Å². The van der Waals surface area contributed by atoms with E-state index in [-0.39, 0.29) is 17.3 Å². The molecule has 10 heteroatoms. The Morgan fingerprint density at radius 3 is 2.30 bits per heavy atom. The predicted octanol–water partition coefficient (Wildman–Crippen LogP) is 2.99. The van der Waals surface area contributed by atoms with Gasteiger partial charge in [0.15, 0.2) is 11.5 Å². The van der Waals surface area contributed by atoms with Crippen molar-refractivity contribution in [1.29, 1.82) is 0 Å². The minimum Gasteiger partial charge on any atom is -0.497 e. The number of amides is 2. The van der Waals surface area contributed by atoms with Crippen LogP contribution < -0.4 is 25.0 Å². The van der Waals surface area contributed by atoms with Crippen LogP contribution in [0.2, 0.25) is 0 Å². The third-order valence-electron chi connectivity index (χ3n) is 4.39. The minimum atomic E-state index is -0.943. The molecule has 0 spiro atoms. The van der Waals surface area contributed by atoms with E-state index in [2.05, 4.69) is 15.8 Å². The first kappa shape index (κ1) is 23.1. The molecule has 2 N–H and O–H groups in total. The van der Waals surface area contributed by atoms with Crippen LogP contribution in [-0.2, 0) is 9.59 Å². The zero-order valence-corrected chi connectivity index (χ0v) is 18.1. The molecule has 2 aromatic carbocycles. The fourth-order valence-electron chi connectivity index (χ4n) is 2.63. The standard InChI is InChI=1S/C23H21N3O7/c1-14(25-26-22(28)21(27)24-16-7-9-17(30-2)10-8-16)15-6-11-18(20(13-15)31-3)33-23(29)19-5-4-12-32-19/h4-13H,1-3H3,(H,24,27)(H,26,28). The highest BCUT2D eigenvalue weighted by atomic mass is 16.6. The molecule has 10 nitrogen and oxygen atoms in total. The molecule has 2 amide bonds. The van der Waals surface area contributed by atoms with Crippen molar-refractivity contribution in [3.8, 4) is 17.2 Å². The van der Waals surface area contributed by atoms with E-state index in [1.807, 2.05) is 0 Å². The Balaban J connectivity index is 1.63. The summed E-state index contributed by atoms with van der Waals surface area (Å²) in [7, 11) is 2.94. The largest absolute Gasteiger partial charge is 0.497 e. The summed E-state index contributed by atoms with van der Waals surface area (Å²) in [6, 6.07) is 14.3. The molecule has 170 valence electrons. The Morgan fingerprint density at radius 1 is 0.909 bits per heavy atom. The monoisotopic (exact) mass is 451 g/mol. The number of ether oxygens (including phenoxy) is 3. The molecule has 0 aliphatic rings. The highest BCUT2D eigenvalue weighted by Crippen LogP contribution is 2.29. The Hall–Kier alpha value is -4.60. The topological polar surface area (TPSA) is 128 Å². The third-order valence-corrected chi connectivity index (χ3v) is 4.39. The van der Waals surface area contributed by atoms with E-state index < -0.39 is 17.8 Å². The van der Waals surface area contributed by atoms with Gasteiger partial charge in [-0.15, -0.1) is 0 Å². The average Bonchev–Trinajstić information content (AvgIpc) is 3.38. The summed E-state index contributed by atoms with van der Waals surface area (Å²) in [5, 5.41) is 6.41. The molecule has 0 aliphatic heterocycles. The first-order valence-corrected chi connectivity index (χ1v) is 9.65. The summed E-state index contributed by atoms with van der Waals surface area (Å²) in [5.41, 5.74) is 3.59. The number of benzene rings is 2. The molecule has 0 saturated carbocycles. The first-order valence-electron chi connectivity index (χ1n) is 9.65. The van der Waals surface area contributed by atoms with Gasteiger partial charge in [0.25, 0.3) is 0 Å². The van der Waals surface area contributed by atoms with Gasteiger partial charge in [-0.1, -0.05) is 0 Å². The number of hydrogen-bond acceptors (Lipinski definition) is 8. The van der Waals surface area contributed by atoms with Crippen molar-refractivity contribution in [1.82, 2.24) is 5.43 Å². The second kappa shape index (κ2) is 10.6. The Labute approximate surface area is 189 Å². The first-order chi connectivity index (χ1) is 15.9. The van der Waals surface area contributed by atoms with Crippen molar-refractivity contribution in [3.63, 3.8) is 0 Å². The normalized spacial score (nSPS) is 10.8. The van der Waals surface area contributed by atoms with Crippen LogP contribution in [0.1, 0.15) is 23.0 Å². The molecule has 33 heavy (non-hydrogen) atoms. The summed E-state index contributed by atoms with van der Waals surface area (Å²) in [4.78, 5) is 36.2. The summed E-state index contributed by atoms with van der Waals surface area (Å²) in [6.45, 7) is 1.63. The van der Waals surface area contributed by atoms with Gasteiger partial charge in [0, 0.05) is 11.3 Å². The van der Waals surface area contributed by atoms with Crippen molar-refractivity contribution < 1.29 is 33.0 Å². The van der Waals surface area contributed by atoms with Gasteiger partial charge in [-0.3, -0.25) is 9.59 Å². The molecule has 0 atom stereocenters. The third kappa shape index (κ3) is 5.97. The van der Waals surface area contributed by atoms with Gasteiger partial charge in [0.1, 0.15) is 5.75 Å². The number of furan rings is 1. The molecule has 3 rings (SSSR count). The van der Waals surface area contributed by atoms with E-state index in [1.165, 1.54) is 32.6 Å². The smallest absolute Gasteiger partial charge is 0.379 e. The predicted molar refractivity (Wildman–Crippen MR) is 119 cm³/mol. The summed E-state index contributed by atoms with van der Waals surface area (Å²) in [6.07, 6.45) is 1.36. The van der Waals surface area contributed by atoms with Gasteiger partial charge in [0.05, 0.1) is 26.2 Å². The van der Waals surface area contributed by atoms with Crippen molar-refractivity contribution in [2.24, 2.45) is 5.10 Å². The zero-order valence-electron chi connectivity index (χ0n) is 18.1. The van der Waals surface area contributed by atoms with Crippen molar-refractivity contribution in [2.75, 3.05) is 19.5 Å². The maximum atomic E-state index is 12.1. The maximum Gasteiger partial charge on any atom is 0.379 e. The Bertz CT molecular complexity index is 1170. The number of methoxy groups -OCH3 is 2. The molecule has 0 fully saturated rings. The number of hydrazone groups is 1. The fraction of sp³-hybridized carbons (Fsp3) is 0.130. The van der Waals surface area contributed by atoms with Crippen LogP contribution >= 0.6 is 0 Å². The highest BCUT2D eigenvalue weighted by Gasteiger charge is 2.16. The van der Waals surface area contributed by atoms with Crippen molar-refractivity contribution in [3.05, 3.63) is 72.2 Å². The lowest BCUT2D eigenvalue weighted by molar-refractivity contribution is -0.136. The molecule has 3 aromatic rings. The van der Waals surface area contributed by atoms with Gasteiger partial charge in [-0.25, -0.2) is 10.2 Å². The number of nitrogens with zero attached hydrogens (tertiary/aromatic N) is 1. The molecule has 0 aliphatic carbocycles. The molecule has 0 radical (unpaired) electrons. The molecule has 0 unspecified atom stereocenters. The van der Waals surface area contributed by atoms with Crippen LogP contribution in [0.4, 0.5) is 5.69 Å². The van der Waals surface area contributed by atoms with Crippen LogP contribution in [0.5, 0.6) is 17.2 Å². The lowest BCUT2D eigenvalue weighted by atomic mass is 10.1. The van der Waals surface area contributed by atoms with Crippen LogP contribution in [0, 0.1) is 0 Å². The minimum absolute atomic E-state index is 0.0505. The number of esters is 1. The zero-order chi connectivity index (χ0) is 23.8. The van der Waals surface area contributed by atoms with Gasteiger partial charge in [-0.2, -0.15) is 5.10 Å². The second-order valence-corrected chi connectivity index (χ2v) is 6.55. The molecule has 1 aromatic heterocycles. The molecular weight excluding hydrogens is 430 g/mol. The van der Waals surface area contributed by atoms with E-state index in [9.17, 15) is 14.4 Å². The Morgan fingerprint density at radius 2 is 1.67 bits per heavy atom. The van der Waals surface area contributed by atoms with Gasteiger partial charge in [-0.05, 0) is 61.5 Å². The molecule has 0 bridgehead atoms. The van der Waals surface area contributed by atoms with E-state index in [4.69, 9.17) is 18.6 Å². The number of rotatable bonds is 7. The van der Waals surface area contributed by atoms with Gasteiger partial charge < -0.3 is 23.9 Å². The number of carbonyl (C=O) groups excluding carboxylic acids is 3. The summed E-state index contributed by atoms with van der Waals surface area (Å²) in [5.74, 6) is -1.38. The number of carbonyl (C=O) groups is 3. The average molecular weight is 451 g/mol. The van der Waals surface area contributed by atoms with Gasteiger partial charge >= 0.3 is 17.8 Å². The number of hydrogen-bond donors (Lipinski definition) is 2. The molecular formula is C23H21N3O7. The van der Waals surface area contributed by atoms with Crippen LogP contribution in [-0.4, -0.2) is 37.7 Å². The summed E-state index contributed by atoms with van der Waals surface area (Å²) < 4.78 is 20.6. The van der Waals surface area contributed by atoms with E-state index in [0.717, 1.165) is 0 Å². The number of anilines is 1. The SMILES string of the molecule is COc1ccc(NC(=O)C(=O)NN=C(C)c2ccc(OC(=O)c3ccco3)c(OC)c2)cc1. The van der Waals surface area contributed by atoms with E-state index in [1.54, 1.807) is 49.4 Å². The molecule has 0 saturated heterocycles. The Kier molecular flexibility index (Phi) is 7.43. The fourth-order valence-corrected chi connectivity index (χ4v) is 2.63. The summed E-state index contributed by atoms with van der Waals surface area (Å²) >= 11 is 0. The molecule has 1 heterocycles. The lowest BCUT2D eigenvalue weighted by Gasteiger charge is -2.10. The van der Waals surface area contributed by atoms with E-state index in [0.29, 0.717) is 22.7 Å². The van der Waals surface area contributed by atoms with Crippen molar-refractivity contribution in [2.45, 2.75) is 6.92 Å². The number of nitrogens with one attached hydrogen (secondary N) is 2. The highest BCUT2D eigenvalue weighted by molar-refractivity contribution is 6.39. The van der Waals surface area contributed by atoms with Gasteiger partial charge in [0.2, 0.25) is 5.76 Å².